The summed E-state index contributed by atoms with van der Waals surface area (Å²) in [7, 11) is 0. The normalized spacial score (nSPS) is 31.2. The summed E-state index contributed by atoms with van der Waals surface area (Å²) in [6.45, 7) is 5.63. The van der Waals surface area contributed by atoms with Gasteiger partial charge in [-0.15, -0.1) is 0 Å². The van der Waals surface area contributed by atoms with Gasteiger partial charge in [-0.1, -0.05) is 19.8 Å². The topological polar surface area (TPSA) is 38.3 Å². The molecule has 3 nitrogen and oxygen atoms in total. The molecule has 0 aromatic heterocycles. The van der Waals surface area contributed by atoms with Gasteiger partial charge in [0.15, 0.2) is 0 Å². The lowest BCUT2D eigenvalue weighted by Gasteiger charge is -2.39. The molecule has 0 amide bonds. The summed E-state index contributed by atoms with van der Waals surface area (Å²) in [5.74, 6) is 1.61. The first kappa shape index (κ1) is 14.8. The standard InChI is InChI=1S/C16H29NO2/c1-3-5-13-8-10-16(11-9-13,15(18)19-4-2)17-12-14-6-7-14/h13-14,17H,3-12H2,1-2H3. The van der Waals surface area contributed by atoms with Crippen molar-refractivity contribution in [3.05, 3.63) is 0 Å². The highest BCUT2D eigenvalue weighted by molar-refractivity contribution is 5.81. The highest BCUT2D eigenvalue weighted by Gasteiger charge is 2.43. The van der Waals surface area contributed by atoms with E-state index in [4.69, 9.17) is 4.74 Å². The Kier molecular flexibility index (Phi) is 5.26. The van der Waals surface area contributed by atoms with Crippen molar-refractivity contribution in [2.75, 3.05) is 13.2 Å². The van der Waals surface area contributed by atoms with E-state index in [1.165, 1.54) is 38.5 Å². The molecule has 110 valence electrons. The molecule has 2 saturated carbocycles. The van der Waals surface area contributed by atoms with E-state index < -0.39 is 0 Å². The van der Waals surface area contributed by atoms with Crippen molar-refractivity contribution in [3.8, 4) is 0 Å². The van der Waals surface area contributed by atoms with Crippen LogP contribution in [0.1, 0.15) is 65.2 Å². The minimum Gasteiger partial charge on any atom is -0.465 e. The summed E-state index contributed by atoms with van der Waals surface area (Å²) < 4.78 is 5.33. The zero-order chi connectivity index (χ0) is 13.7. The second kappa shape index (κ2) is 6.74. The third-order valence-electron chi connectivity index (χ3n) is 4.75. The van der Waals surface area contributed by atoms with E-state index in [0.717, 1.165) is 31.2 Å². The Hall–Kier alpha value is -0.570. The van der Waals surface area contributed by atoms with Gasteiger partial charge in [-0.2, -0.15) is 0 Å². The average Bonchev–Trinajstić information content (AvgIpc) is 3.23. The summed E-state index contributed by atoms with van der Waals surface area (Å²) in [5.41, 5.74) is -0.372. The molecule has 3 heteroatoms. The van der Waals surface area contributed by atoms with Gasteiger partial charge in [0.2, 0.25) is 0 Å². The predicted octanol–water partition coefficient (Wildman–Crippen LogP) is 3.28. The van der Waals surface area contributed by atoms with Gasteiger partial charge in [-0.05, 0) is 63.8 Å². The minimum absolute atomic E-state index is 0.00871. The fourth-order valence-electron chi connectivity index (χ4n) is 3.25. The molecule has 0 aliphatic heterocycles. The second-order valence-electron chi connectivity index (χ2n) is 6.36. The Morgan fingerprint density at radius 3 is 2.37 bits per heavy atom. The van der Waals surface area contributed by atoms with Gasteiger partial charge < -0.3 is 10.1 Å². The molecule has 0 spiro atoms. The molecule has 2 fully saturated rings. The van der Waals surface area contributed by atoms with Gasteiger partial charge in [-0.25, -0.2) is 0 Å². The number of nitrogens with one attached hydrogen (secondary N) is 1. The van der Waals surface area contributed by atoms with Crippen molar-refractivity contribution in [1.82, 2.24) is 5.32 Å². The van der Waals surface area contributed by atoms with Crippen molar-refractivity contribution >= 4 is 5.97 Å². The van der Waals surface area contributed by atoms with E-state index in [1.54, 1.807) is 0 Å². The van der Waals surface area contributed by atoms with Crippen LogP contribution in [-0.2, 0) is 9.53 Å². The lowest BCUT2D eigenvalue weighted by molar-refractivity contribution is -0.153. The van der Waals surface area contributed by atoms with Crippen LogP contribution in [0.4, 0.5) is 0 Å². The van der Waals surface area contributed by atoms with E-state index in [-0.39, 0.29) is 11.5 Å². The smallest absolute Gasteiger partial charge is 0.326 e. The van der Waals surface area contributed by atoms with Crippen LogP contribution in [0.3, 0.4) is 0 Å². The van der Waals surface area contributed by atoms with Crippen molar-refractivity contribution in [1.29, 1.82) is 0 Å². The molecule has 0 saturated heterocycles. The number of rotatable bonds is 7. The molecule has 2 aliphatic carbocycles. The first-order chi connectivity index (χ1) is 9.20. The van der Waals surface area contributed by atoms with Crippen LogP contribution < -0.4 is 5.32 Å². The molecule has 0 heterocycles. The van der Waals surface area contributed by atoms with Gasteiger partial charge in [0.25, 0.3) is 0 Å². The van der Waals surface area contributed by atoms with Gasteiger partial charge in [0, 0.05) is 0 Å². The Balaban J connectivity index is 1.92. The quantitative estimate of drug-likeness (QED) is 0.719. The van der Waals surface area contributed by atoms with Gasteiger partial charge in [0.05, 0.1) is 6.61 Å². The van der Waals surface area contributed by atoms with E-state index >= 15 is 0 Å². The van der Waals surface area contributed by atoms with Crippen LogP contribution in [0.2, 0.25) is 0 Å². The molecule has 19 heavy (non-hydrogen) atoms. The second-order valence-corrected chi connectivity index (χ2v) is 6.36. The minimum atomic E-state index is -0.372. The molecule has 0 radical (unpaired) electrons. The first-order valence-electron chi connectivity index (χ1n) is 8.12. The fourth-order valence-corrected chi connectivity index (χ4v) is 3.25. The molecule has 0 aromatic carbocycles. The molecule has 1 N–H and O–H groups in total. The number of carbonyl (C=O) groups is 1. The molecular formula is C16H29NO2. The number of ether oxygens (including phenoxy) is 1. The SMILES string of the molecule is CCCC1CCC(NCC2CC2)(C(=O)OCC)CC1. The maximum absolute atomic E-state index is 12.3. The summed E-state index contributed by atoms with van der Waals surface area (Å²) in [6.07, 6.45) is 9.48. The fraction of sp³-hybridized carbons (Fsp3) is 0.938. The highest BCUT2D eigenvalue weighted by Crippen LogP contribution is 2.36. The predicted molar refractivity (Wildman–Crippen MR) is 77.0 cm³/mol. The van der Waals surface area contributed by atoms with Crippen LogP contribution in [0.25, 0.3) is 0 Å². The maximum atomic E-state index is 12.3. The zero-order valence-corrected chi connectivity index (χ0v) is 12.5. The Bertz CT molecular complexity index is 291. The summed E-state index contributed by atoms with van der Waals surface area (Å²) in [5, 5.41) is 3.57. The summed E-state index contributed by atoms with van der Waals surface area (Å²) >= 11 is 0. The Morgan fingerprint density at radius 1 is 1.16 bits per heavy atom. The Labute approximate surface area is 117 Å². The van der Waals surface area contributed by atoms with Crippen molar-refractivity contribution in [3.63, 3.8) is 0 Å². The average molecular weight is 267 g/mol. The van der Waals surface area contributed by atoms with E-state index in [2.05, 4.69) is 12.2 Å². The van der Waals surface area contributed by atoms with Crippen molar-refractivity contribution in [2.24, 2.45) is 11.8 Å². The van der Waals surface area contributed by atoms with Crippen LogP contribution in [0.5, 0.6) is 0 Å². The highest BCUT2D eigenvalue weighted by atomic mass is 16.5. The summed E-state index contributed by atoms with van der Waals surface area (Å²) in [4.78, 5) is 12.3. The van der Waals surface area contributed by atoms with Crippen LogP contribution >= 0.6 is 0 Å². The molecule has 0 bridgehead atoms. The van der Waals surface area contributed by atoms with Crippen LogP contribution in [-0.4, -0.2) is 24.7 Å². The van der Waals surface area contributed by atoms with E-state index in [1.807, 2.05) is 6.92 Å². The lowest BCUT2D eigenvalue weighted by Crippen LogP contribution is -2.55. The maximum Gasteiger partial charge on any atom is 0.326 e. The third-order valence-corrected chi connectivity index (χ3v) is 4.75. The van der Waals surface area contributed by atoms with Gasteiger partial charge in [-0.3, -0.25) is 4.79 Å². The lowest BCUT2D eigenvalue weighted by atomic mass is 9.75. The van der Waals surface area contributed by atoms with Gasteiger partial charge >= 0.3 is 5.97 Å². The molecule has 0 aromatic rings. The third kappa shape index (κ3) is 3.95. The molecule has 2 rings (SSSR count). The van der Waals surface area contributed by atoms with Crippen LogP contribution in [0.15, 0.2) is 0 Å². The Morgan fingerprint density at radius 2 is 1.84 bits per heavy atom. The molecule has 0 unspecified atom stereocenters. The van der Waals surface area contributed by atoms with E-state index in [9.17, 15) is 4.79 Å². The largest absolute Gasteiger partial charge is 0.465 e. The van der Waals surface area contributed by atoms with Crippen molar-refractivity contribution in [2.45, 2.75) is 70.8 Å². The van der Waals surface area contributed by atoms with Crippen LogP contribution in [0, 0.1) is 11.8 Å². The van der Waals surface area contributed by atoms with Gasteiger partial charge in [0.1, 0.15) is 5.54 Å². The number of esters is 1. The molecule has 0 atom stereocenters. The number of carbonyl (C=O) groups excluding carboxylic acids is 1. The zero-order valence-electron chi connectivity index (χ0n) is 12.5. The molecule has 2 aliphatic rings. The van der Waals surface area contributed by atoms with Crippen molar-refractivity contribution < 1.29 is 9.53 Å². The monoisotopic (exact) mass is 267 g/mol. The molecular weight excluding hydrogens is 238 g/mol. The van der Waals surface area contributed by atoms with E-state index in [0.29, 0.717) is 6.61 Å². The summed E-state index contributed by atoms with van der Waals surface area (Å²) in [6, 6.07) is 0. The number of hydrogen-bond donors (Lipinski definition) is 1. The number of hydrogen-bond acceptors (Lipinski definition) is 3. The first-order valence-corrected chi connectivity index (χ1v) is 8.12.